The Kier molecular flexibility index (Phi) is 6.49. The minimum Gasteiger partial charge on any atom is -0.328 e. The van der Waals surface area contributed by atoms with Crippen LogP contribution in [0.4, 0.5) is 0 Å². The van der Waals surface area contributed by atoms with Gasteiger partial charge in [-0.3, -0.25) is 4.79 Å². The van der Waals surface area contributed by atoms with E-state index >= 15 is 0 Å². The number of rotatable bonds is 4. The largest absolute Gasteiger partial charge is 0.328 e. The molecule has 1 aromatic carbocycles. The Balaban J connectivity index is 0.00000210. The van der Waals surface area contributed by atoms with Gasteiger partial charge in [-0.15, -0.1) is 28.8 Å². The first-order chi connectivity index (χ1) is 12.7. The van der Waals surface area contributed by atoms with E-state index in [0.29, 0.717) is 30.4 Å². The number of thiophene rings is 1. The monoisotopic (exact) mass is 423 g/mol. The fourth-order valence-corrected chi connectivity index (χ4v) is 4.11. The molecule has 4 rings (SSSR count). The van der Waals surface area contributed by atoms with Gasteiger partial charge in [0.05, 0.1) is 18.8 Å². The van der Waals surface area contributed by atoms with Crippen molar-refractivity contribution >= 4 is 41.3 Å². The van der Waals surface area contributed by atoms with Gasteiger partial charge in [0.25, 0.3) is 5.91 Å². The maximum Gasteiger partial charge on any atom is 0.276 e. The molecule has 6 nitrogen and oxygen atoms in total. The molecule has 3 aromatic rings. The van der Waals surface area contributed by atoms with Crippen LogP contribution in [0.25, 0.3) is 0 Å². The van der Waals surface area contributed by atoms with E-state index in [1.54, 1.807) is 22.2 Å². The van der Waals surface area contributed by atoms with Crippen molar-refractivity contribution in [3.8, 4) is 0 Å². The van der Waals surface area contributed by atoms with E-state index in [1.807, 2.05) is 46.7 Å². The normalized spacial score (nSPS) is 16.8. The average molecular weight is 424 g/mol. The summed E-state index contributed by atoms with van der Waals surface area (Å²) in [5.41, 5.74) is 1.31. The maximum absolute atomic E-state index is 13.1. The first-order valence-corrected chi connectivity index (χ1v) is 9.67. The molecule has 1 unspecified atom stereocenters. The molecule has 0 saturated carbocycles. The van der Waals surface area contributed by atoms with Gasteiger partial charge in [-0.1, -0.05) is 41.1 Å². The van der Waals surface area contributed by atoms with Crippen LogP contribution in [0, 0.1) is 0 Å². The van der Waals surface area contributed by atoms with Crippen molar-refractivity contribution in [3.63, 3.8) is 0 Å². The SMILES string of the molecule is Cl.O=C(c1cn(Cc2cccs2)nn1)N1CCNCC1c1ccccc1Cl. The number of piperazine rings is 1. The van der Waals surface area contributed by atoms with E-state index in [-0.39, 0.29) is 24.4 Å². The summed E-state index contributed by atoms with van der Waals surface area (Å²) in [6.45, 7) is 2.63. The maximum atomic E-state index is 13.1. The number of aromatic nitrogens is 3. The molecular formula is C18H19Cl2N5OS. The fraction of sp³-hybridized carbons (Fsp3) is 0.278. The molecule has 1 aliphatic heterocycles. The van der Waals surface area contributed by atoms with Crippen LogP contribution in [0.2, 0.25) is 5.02 Å². The summed E-state index contributed by atoms with van der Waals surface area (Å²) < 4.78 is 1.70. The molecule has 0 aliphatic carbocycles. The van der Waals surface area contributed by atoms with E-state index < -0.39 is 0 Å². The Morgan fingerprint density at radius 2 is 2.15 bits per heavy atom. The van der Waals surface area contributed by atoms with E-state index in [9.17, 15) is 4.79 Å². The van der Waals surface area contributed by atoms with Crippen molar-refractivity contribution in [2.45, 2.75) is 12.6 Å². The molecule has 9 heteroatoms. The number of carbonyl (C=O) groups is 1. The Hall–Kier alpha value is -1.93. The molecule has 142 valence electrons. The predicted octanol–water partition coefficient (Wildman–Crippen LogP) is 3.25. The van der Waals surface area contributed by atoms with Crippen molar-refractivity contribution in [1.29, 1.82) is 0 Å². The van der Waals surface area contributed by atoms with Crippen molar-refractivity contribution in [1.82, 2.24) is 25.2 Å². The minimum absolute atomic E-state index is 0. The van der Waals surface area contributed by atoms with Gasteiger partial charge in [-0.25, -0.2) is 4.68 Å². The topological polar surface area (TPSA) is 63.1 Å². The van der Waals surface area contributed by atoms with E-state index in [1.165, 1.54) is 4.88 Å². The lowest BCUT2D eigenvalue weighted by Crippen LogP contribution is -2.48. The fourth-order valence-electron chi connectivity index (χ4n) is 3.15. The average Bonchev–Trinajstić information content (AvgIpc) is 3.34. The first-order valence-electron chi connectivity index (χ1n) is 8.41. The Labute approximate surface area is 172 Å². The molecule has 1 atom stereocenters. The summed E-state index contributed by atoms with van der Waals surface area (Å²) in [7, 11) is 0. The Morgan fingerprint density at radius 3 is 2.93 bits per heavy atom. The van der Waals surface area contributed by atoms with Crippen LogP contribution in [0.1, 0.15) is 27.0 Å². The highest BCUT2D eigenvalue weighted by Gasteiger charge is 2.31. The zero-order chi connectivity index (χ0) is 17.9. The summed E-state index contributed by atoms with van der Waals surface area (Å²) in [6, 6.07) is 11.6. The number of benzene rings is 1. The third-order valence-corrected chi connectivity index (χ3v) is 5.63. The minimum atomic E-state index is -0.118. The highest BCUT2D eigenvalue weighted by Crippen LogP contribution is 2.29. The molecule has 0 spiro atoms. The third kappa shape index (κ3) is 4.32. The quantitative estimate of drug-likeness (QED) is 0.699. The Morgan fingerprint density at radius 1 is 1.30 bits per heavy atom. The molecular weight excluding hydrogens is 405 g/mol. The second kappa shape index (κ2) is 8.84. The number of hydrogen-bond donors (Lipinski definition) is 1. The van der Waals surface area contributed by atoms with Gasteiger partial charge in [0, 0.05) is 29.5 Å². The smallest absolute Gasteiger partial charge is 0.276 e. The number of nitrogens with one attached hydrogen (secondary N) is 1. The van der Waals surface area contributed by atoms with E-state index in [2.05, 4.69) is 15.6 Å². The zero-order valence-corrected chi connectivity index (χ0v) is 16.8. The molecule has 1 N–H and O–H groups in total. The van der Waals surface area contributed by atoms with Crippen molar-refractivity contribution < 1.29 is 4.79 Å². The van der Waals surface area contributed by atoms with E-state index in [0.717, 1.165) is 12.1 Å². The predicted molar refractivity (Wildman–Crippen MR) is 109 cm³/mol. The summed E-state index contributed by atoms with van der Waals surface area (Å²) >= 11 is 8.02. The molecule has 3 heterocycles. The second-order valence-electron chi connectivity index (χ2n) is 6.12. The molecule has 2 aromatic heterocycles. The van der Waals surface area contributed by atoms with Gasteiger partial charge >= 0.3 is 0 Å². The molecule has 1 saturated heterocycles. The molecule has 0 radical (unpaired) electrons. The van der Waals surface area contributed by atoms with Crippen molar-refractivity contribution in [3.05, 3.63) is 69.1 Å². The van der Waals surface area contributed by atoms with Gasteiger partial charge < -0.3 is 10.2 Å². The lowest BCUT2D eigenvalue weighted by atomic mass is 10.0. The third-order valence-electron chi connectivity index (χ3n) is 4.42. The zero-order valence-electron chi connectivity index (χ0n) is 14.4. The summed E-state index contributed by atoms with van der Waals surface area (Å²) in [5, 5.41) is 14.2. The lowest BCUT2D eigenvalue weighted by Gasteiger charge is -2.36. The molecule has 0 bridgehead atoms. The van der Waals surface area contributed by atoms with Gasteiger partial charge in [0.1, 0.15) is 0 Å². The second-order valence-corrected chi connectivity index (χ2v) is 7.56. The summed E-state index contributed by atoms with van der Waals surface area (Å²) in [5.74, 6) is -0.117. The van der Waals surface area contributed by atoms with Crippen LogP contribution >= 0.6 is 35.3 Å². The van der Waals surface area contributed by atoms with Crippen molar-refractivity contribution in [2.24, 2.45) is 0 Å². The first kappa shape index (κ1) is 19.8. The Bertz CT molecular complexity index is 899. The number of amides is 1. The van der Waals surface area contributed by atoms with Crippen molar-refractivity contribution in [2.75, 3.05) is 19.6 Å². The van der Waals surface area contributed by atoms with Gasteiger partial charge in [-0.2, -0.15) is 0 Å². The summed E-state index contributed by atoms with van der Waals surface area (Å²) in [6.07, 6.45) is 1.72. The number of halogens is 2. The van der Waals surface area contributed by atoms with E-state index in [4.69, 9.17) is 11.6 Å². The van der Waals surface area contributed by atoms with Crippen LogP contribution in [-0.4, -0.2) is 45.4 Å². The van der Waals surface area contributed by atoms with Crippen LogP contribution in [0.3, 0.4) is 0 Å². The standard InChI is InChI=1S/C18H18ClN5OS.ClH/c19-15-6-2-1-5-14(15)17-10-20-7-8-24(17)18(25)16-12-23(22-21-16)11-13-4-3-9-26-13;/h1-6,9,12,17,20H,7-8,10-11H2;1H. The molecule has 1 fully saturated rings. The number of carbonyl (C=O) groups excluding carboxylic acids is 1. The highest BCUT2D eigenvalue weighted by atomic mass is 35.5. The van der Waals surface area contributed by atoms with Crippen LogP contribution in [0.15, 0.2) is 48.0 Å². The number of hydrogen-bond acceptors (Lipinski definition) is 5. The lowest BCUT2D eigenvalue weighted by molar-refractivity contribution is 0.0628. The molecule has 1 aliphatic rings. The van der Waals surface area contributed by atoms with Crippen LogP contribution in [0.5, 0.6) is 0 Å². The van der Waals surface area contributed by atoms with Crippen LogP contribution < -0.4 is 5.32 Å². The molecule has 1 amide bonds. The van der Waals surface area contributed by atoms with Gasteiger partial charge in [0.2, 0.25) is 0 Å². The summed E-state index contributed by atoms with van der Waals surface area (Å²) in [4.78, 5) is 16.1. The highest BCUT2D eigenvalue weighted by molar-refractivity contribution is 7.09. The van der Waals surface area contributed by atoms with Crippen LogP contribution in [-0.2, 0) is 6.54 Å². The van der Waals surface area contributed by atoms with Gasteiger partial charge in [-0.05, 0) is 23.1 Å². The number of nitrogens with zero attached hydrogens (tertiary/aromatic N) is 4. The van der Waals surface area contributed by atoms with Gasteiger partial charge in [0.15, 0.2) is 5.69 Å². The molecule has 27 heavy (non-hydrogen) atoms.